The van der Waals surface area contributed by atoms with Gasteiger partial charge >= 0.3 is 0 Å². The van der Waals surface area contributed by atoms with E-state index in [2.05, 4.69) is 21.2 Å². The van der Waals surface area contributed by atoms with Crippen molar-refractivity contribution in [2.75, 3.05) is 11.1 Å². The second kappa shape index (κ2) is 5.59. The van der Waals surface area contributed by atoms with Crippen LogP contribution in [0.15, 0.2) is 40.9 Å². The largest absolute Gasteiger partial charge is 0.398 e. The summed E-state index contributed by atoms with van der Waals surface area (Å²) in [5.41, 5.74) is 6.82. The van der Waals surface area contributed by atoms with Gasteiger partial charge in [-0.05, 0) is 52.3 Å². The van der Waals surface area contributed by atoms with Gasteiger partial charge in [0.15, 0.2) is 0 Å². The Balaban J connectivity index is 2.20. The van der Waals surface area contributed by atoms with Crippen LogP contribution in [0.1, 0.15) is 10.4 Å². The lowest BCUT2D eigenvalue weighted by atomic mass is 10.2. The summed E-state index contributed by atoms with van der Waals surface area (Å²) in [7, 11) is 0. The molecule has 2 aromatic rings. The molecule has 0 unspecified atom stereocenters. The van der Waals surface area contributed by atoms with Crippen LogP contribution < -0.4 is 11.1 Å². The maximum atomic E-state index is 13.1. The Morgan fingerprint density at radius 2 is 2.00 bits per heavy atom. The fraction of sp³-hybridized carbons (Fsp3) is 0. The third kappa shape index (κ3) is 3.24. The van der Waals surface area contributed by atoms with E-state index in [9.17, 15) is 9.18 Å². The van der Waals surface area contributed by atoms with Gasteiger partial charge in [-0.2, -0.15) is 0 Å². The lowest BCUT2D eigenvalue weighted by Gasteiger charge is -2.07. The molecule has 0 bridgehead atoms. The summed E-state index contributed by atoms with van der Waals surface area (Å²) in [5, 5.41) is 2.95. The van der Waals surface area contributed by atoms with E-state index in [0.717, 1.165) is 0 Å². The molecular weight excluding hydrogens is 335 g/mol. The number of nitrogens with one attached hydrogen (secondary N) is 1. The van der Waals surface area contributed by atoms with Crippen molar-refractivity contribution in [3.05, 3.63) is 57.3 Å². The van der Waals surface area contributed by atoms with Crippen molar-refractivity contribution in [2.45, 2.75) is 0 Å². The molecule has 0 saturated carbocycles. The van der Waals surface area contributed by atoms with Crippen LogP contribution in [0.25, 0.3) is 0 Å². The molecule has 0 spiro atoms. The van der Waals surface area contributed by atoms with E-state index in [4.69, 9.17) is 17.3 Å². The first kappa shape index (κ1) is 13.8. The van der Waals surface area contributed by atoms with Crippen LogP contribution in [0.4, 0.5) is 15.8 Å². The third-order valence-electron chi connectivity index (χ3n) is 2.44. The van der Waals surface area contributed by atoms with Gasteiger partial charge in [0, 0.05) is 11.3 Å². The zero-order valence-electron chi connectivity index (χ0n) is 9.58. The highest BCUT2D eigenvalue weighted by atomic mass is 79.9. The van der Waals surface area contributed by atoms with Gasteiger partial charge in [0.1, 0.15) is 5.82 Å². The summed E-state index contributed by atoms with van der Waals surface area (Å²) < 4.78 is 13.3. The standard InChI is InChI=1S/C13H9BrClFN2O/c14-9-6-8(2-3-11(9)16)18-13(19)7-1-4-12(17)10(15)5-7/h1-6H,17H2,(H,18,19). The number of rotatable bonds is 2. The topological polar surface area (TPSA) is 55.1 Å². The van der Waals surface area contributed by atoms with Gasteiger partial charge in [0.05, 0.1) is 15.2 Å². The molecule has 0 aliphatic carbocycles. The van der Waals surface area contributed by atoms with Crippen LogP contribution in [0.5, 0.6) is 0 Å². The Labute approximate surface area is 122 Å². The van der Waals surface area contributed by atoms with Crippen molar-refractivity contribution >= 4 is 44.8 Å². The molecule has 0 aromatic heterocycles. The van der Waals surface area contributed by atoms with E-state index < -0.39 is 5.82 Å². The molecule has 0 heterocycles. The number of anilines is 2. The number of halogens is 3. The minimum Gasteiger partial charge on any atom is -0.398 e. The molecule has 1 amide bonds. The molecule has 0 saturated heterocycles. The highest BCUT2D eigenvalue weighted by Gasteiger charge is 2.09. The molecule has 2 aromatic carbocycles. The third-order valence-corrected chi connectivity index (χ3v) is 3.38. The van der Waals surface area contributed by atoms with Gasteiger partial charge in [0.25, 0.3) is 5.91 Å². The fourth-order valence-corrected chi connectivity index (χ4v) is 2.00. The summed E-state index contributed by atoms with van der Waals surface area (Å²) in [5.74, 6) is -0.742. The summed E-state index contributed by atoms with van der Waals surface area (Å²) in [6.45, 7) is 0. The van der Waals surface area contributed by atoms with E-state index in [0.29, 0.717) is 22.0 Å². The van der Waals surface area contributed by atoms with E-state index in [1.54, 1.807) is 12.1 Å². The van der Waals surface area contributed by atoms with Crippen molar-refractivity contribution in [2.24, 2.45) is 0 Å². The van der Waals surface area contributed by atoms with E-state index in [-0.39, 0.29) is 10.4 Å². The second-order valence-electron chi connectivity index (χ2n) is 3.82. The zero-order valence-corrected chi connectivity index (χ0v) is 11.9. The Morgan fingerprint density at radius 3 is 2.63 bits per heavy atom. The van der Waals surface area contributed by atoms with E-state index in [1.807, 2.05) is 0 Å². The van der Waals surface area contributed by atoms with E-state index >= 15 is 0 Å². The maximum Gasteiger partial charge on any atom is 0.255 e. The smallest absolute Gasteiger partial charge is 0.255 e. The molecule has 0 aliphatic rings. The highest BCUT2D eigenvalue weighted by molar-refractivity contribution is 9.10. The predicted octanol–water partition coefficient (Wildman–Crippen LogP) is 4.08. The fourth-order valence-electron chi connectivity index (χ4n) is 1.45. The molecule has 0 aliphatic heterocycles. The lowest BCUT2D eigenvalue weighted by molar-refractivity contribution is 0.102. The normalized spacial score (nSPS) is 10.3. The van der Waals surface area contributed by atoms with Gasteiger partial charge in [0.2, 0.25) is 0 Å². The van der Waals surface area contributed by atoms with Crippen molar-refractivity contribution < 1.29 is 9.18 Å². The molecular formula is C13H9BrClFN2O. The van der Waals surface area contributed by atoms with Crippen LogP contribution in [-0.4, -0.2) is 5.91 Å². The first-order valence-electron chi connectivity index (χ1n) is 5.29. The number of benzene rings is 2. The van der Waals surface area contributed by atoms with Crippen LogP contribution in [0, 0.1) is 5.82 Å². The molecule has 98 valence electrons. The van der Waals surface area contributed by atoms with Crippen LogP contribution in [0.3, 0.4) is 0 Å². The average molecular weight is 344 g/mol. The second-order valence-corrected chi connectivity index (χ2v) is 5.08. The monoisotopic (exact) mass is 342 g/mol. The number of nitrogen functional groups attached to an aromatic ring is 1. The van der Waals surface area contributed by atoms with Crippen molar-refractivity contribution in [1.29, 1.82) is 0 Å². The summed E-state index contributed by atoms with van der Waals surface area (Å²) >= 11 is 8.89. The van der Waals surface area contributed by atoms with Crippen LogP contribution >= 0.6 is 27.5 Å². The Morgan fingerprint density at radius 1 is 1.26 bits per heavy atom. The average Bonchev–Trinajstić information content (AvgIpc) is 2.37. The summed E-state index contributed by atoms with van der Waals surface area (Å²) in [4.78, 5) is 12.0. The molecule has 2 rings (SSSR count). The Bertz CT molecular complexity index is 649. The number of carbonyl (C=O) groups excluding carboxylic acids is 1. The Hall–Kier alpha value is -1.59. The number of nitrogens with two attached hydrogens (primary N) is 1. The van der Waals surface area contributed by atoms with Gasteiger partial charge < -0.3 is 11.1 Å². The molecule has 0 radical (unpaired) electrons. The maximum absolute atomic E-state index is 13.1. The highest BCUT2D eigenvalue weighted by Crippen LogP contribution is 2.22. The summed E-state index contributed by atoms with van der Waals surface area (Å²) in [6, 6.07) is 8.80. The summed E-state index contributed by atoms with van der Waals surface area (Å²) in [6.07, 6.45) is 0. The van der Waals surface area contributed by atoms with E-state index in [1.165, 1.54) is 24.3 Å². The van der Waals surface area contributed by atoms with Gasteiger partial charge in [-0.15, -0.1) is 0 Å². The van der Waals surface area contributed by atoms with Crippen molar-refractivity contribution in [3.63, 3.8) is 0 Å². The minimum absolute atomic E-state index is 0.278. The molecule has 6 heteroatoms. The van der Waals surface area contributed by atoms with Crippen LogP contribution in [0.2, 0.25) is 5.02 Å². The number of carbonyl (C=O) groups is 1. The first-order valence-corrected chi connectivity index (χ1v) is 6.46. The van der Waals surface area contributed by atoms with Gasteiger partial charge in [-0.25, -0.2) is 4.39 Å². The number of amides is 1. The first-order chi connectivity index (χ1) is 8.97. The molecule has 3 N–H and O–H groups in total. The van der Waals surface area contributed by atoms with Gasteiger partial charge in [-0.3, -0.25) is 4.79 Å². The number of hydrogen-bond acceptors (Lipinski definition) is 2. The lowest BCUT2D eigenvalue weighted by Crippen LogP contribution is -2.12. The molecule has 0 atom stereocenters. The molecule has 19 heavy (non-hydrogen) atoms. The molecule has 3 nitrogen and oxygen atoms in total. The van der Waals surface area contributed by atoms with Crippen LogP contribution in [-0.2, 0) is 0 Å². The quantitative estimate of drug-likeness (QED) is 0.807. The van der Waals surface area contributed by atoms with Crippen molar-refractivity contribution in [1.82, 2.24) is 0 Å². The predicted molar refractivity (Wildman–Crippen MR) is 77.9 cm³/mol. The number of hydrogen-bond donors (Lipinski definition) is 2. The van der Waals surface area contributed by atoms with Gasteiger partial charge in [-0.1, -0.05) is 11.6 Å². The zero-order chi connectivity index (χ0) is 14.0. The minimum atomic E-state index is -0.395. The molecule has 0 fully saturated rings. The SMILES string of the molecule is Nc1ccc(C(=O)Nc2ccc(F)c(Br)c2)cc1Cl. The van der Waals surface area contributed by atoms with Crippen molar-refractivity contribution in [3.8, 4) is 0 Å². The Kier molecular flexibility index (Phi) is 4.07.